The highest BCUT2D eigenvalue weighted by Gasteiger charge is 2.30. The first kappa shape index (κ1) is 15.9. The molecule has 98 valence electrons. The molecule has 0 radical (unpaired) electrons. The Morgan fingerprint density at radius 2 is 1.44 bits per heavy atom. The molecule has 1 unspecified atom stereocenters. The molecule has 0 aromatic heterocycles. The lowest BCUT2D eigenvalue weighted by Crippen LogP contribution is -2.51. The number of β-amino-alcohol motifs (C(OH)–C–C–N with tert-alkyl or cyclic N) is 1. The Morgan fingerprint density at radius 3 is 1.75 bits per heavy atom. The molecule has 0 spiro atoms. The summed E-state index contributed by atoms with van der Waals surface area (Å²) < 4.78 is 0. The van der Waals surface area contributed by atoms with E-state index in [-0.39, 0.29) is 11.5 Å². The van der Waals surface area contributed by atoms with Crippen molar-refractivity contribution in [1.29, 1.82) is 0 Å². The first-order chi connectivity index (χ1) is 6.86. The number of nitrogens with one attached hydrogen (secondary N) is 1. The molecule has 0 saturated heterocycles. The molecular weight excluding hydrogens is 198 g/mol. The quantitative estimate of drug-likeness (QED) is 0.759. The third-order valence-corrected chi connectivity index (χ3v) is 3.14. The summed E-state index contributed by atoms with van der Waals surface area (Å²) in [4.78, 5) is 0. The molecule has 2 nitrogen and oxygen atoms in total. The fraction of sp³-hybridized carbons (Fsp3) is 1.00. The summed E-state index contributed by atoms with van der Waals surface area (Å²) in [7, 11) is 0. The van der Waals surface area contributed by atoms with Crippen molar-refractivity contribution < 1.29 is 5.11 Å². The average Bonchev–Trinajstić information content (AvgIpc) is 1.96. The van der Waals surface area contributed by atoms with Crippen LogP contribution >= 0.6 is 0 Å². The van der Waals surface area contributed by atoms with Gasteiger partial charge < -0.3 is 10.4 Å². The third kappa shape index (κ3) is 6.49. The maximum atomic E-state index is 10.2. The summed E-state index contributed by atoms with van der Waals surface area (Å²) >= 11 is 0. The molecule has 0 aliphatic carbocycles. The molecular formula is C14H31NO. The van der Waals surface area contributed by atoms with Gasteiger partial charge in [-0.15, -0.1) is 0 Å². The fourth-order valence-corrected chi connectivity index (χ4v) is 2.01. The molecule has 0 aliphatic heterocycles. The van der Waals surface area contributed by atoms with Crippen LogP contribution in [0.3, 0.4) is 0 Å². The van der Waals surface area contributed by atoms with Crippen LogP contribution in [0.15, 0.2) is 0 Å². The van der Waals surface area contributed by atoms with Gasteiger partial charge in [0.2, 0.25) is 0 Å². The van der Waals surface area contributed by atoms with Crippen LogP contribution in [-0.4, -0.2) is 22.8 Å². The summed E-state index contributed by atoms with van der Waals surface area (Å²) in [6, 6.07) is 0. The minimum absolute atomic E-state index is 0.0666. The van der Waals surface area contributed by atoms with Crippen molar-refractivity contribution in [3.63, 3.8) is 0 Å². The smallest absolute Gasteiger partial charge is 0.0766 e. The molecule has 0 saturated carbocycles. The van der Waals surface area contributed by atoms with Gasteiger partial charge in [-0.05, 0) is 38.5 Å². The van der Waals surface area contributed by atoms with Gasteiger partial charge >= 0.3 is 0 Å². The zero-order valence-electron chi connectivity index (χ0n) is 12.4. The van der Waals surface area contributed by atoms with Gasteiger partial charge in [0, 0.05) is 12.1 Å². The van der Waals surface area contributed by atoms with Crippen molar-refractivity contribution in [3.8, 4) is 0 Å². The standard InChI is InChI=1S/C14H31NO/c1-11(2)14(8,16)10-15-13(6,7)9-12(3,4)5/h11,15-16H,9-10H2,1-8H3. The normalized spacial score (nSPS) is 17.6. The maximum absolute atomic E-state index is 10.2. The van der Waals surface area contributed by atoms with Gasteiger partial charge in [-0.25, -0.2) is 0 Å². The minimum atomic E-state index is -0.630. The first-order valence-corrected chi connectivity index (χ1v) is 6.33. The van der Waals surface area contributed by atoms with E-state index in [9.17, 15) is 5.11 Å². The summed E-state index contributed by atoms with van der Waals surface area (Å²) in [5.41, 5.74) is -0.257. The summed E-state index contributed by atoms with van der Waals surface area (Å²) in [6.45, 7) is 17.8. The van der Waals surface area contributed by atoms with Crippen LogP contribution in [0, 0.1) is 11.3 Å². The zero-order valence-corrected chi connectivity index (χ0v) is 12.4. The van der Waals surface area contributed by atoms with Gasteiger partial charge in [-0.3, -0.25) is 0 Å². The Kier molecular flexibility index (Phi) is 5.03. The third-order valence-electron chi connectivity index (χ3n) is 3.14. The molecule has 2 heteroatoms. The number of hydrogen-bond acceptors (Lipinski definition) is 2. The summed E-state index contributed by atoms with van der Waals surface area (Å²) in [6.07, 6.45) is 1.09. The minimum Gasteiger partial charge on any atom is -0.389 e. The second-order valence-corrected chi connectivity index (χ2v) is 7.49. The molecule has 0 amide bonds. The first-order valence-electron chi connectivity index (χ1n) is 6.33. The number of hydrogen-bond donors (Lipinski definition) is 2. The molecule has 0 aromatic rings. The van der Waals surface area contributed by atoms with Crippen LogP contribution in [0.2, 0.25) is 0 Å². The van der Waals surface area contributed by atoms with E-state index in [1.54, 1.807) is 0 Å². The zero-order chi connectivity index (χ0) is 13.2. The highest BCUT2D eigenvalue weighted by molar-refractivity contribution is 4.88. The molecule has 0 heterocycles. The van der Waals surface area contributed by atoms with E-state index < -0.39 is 5.60 Å². The van der Waals surface area contributed by atoms with Crippen LogP contribution in [-0.2, 0) is 0 Å². The van der Waals surface area contributed by atoms with Crippen LogP contribution in [0.4, 0.5) is 0 Å². The highest BCUT2D eigenvalue weighted by Crippen LogP contribution is 2.27. The molecule has 0 fully saturated rings. The SMILES string of the molecule is CC(C)C(C)(O)CNC(C)(C)CC(C)(C)C. The van der Waals surface area contributed by atoms with Gasteiger partial charge in [0.15, 0.2) is 0 Å². The Balaban J connectivity index is 4.29. The van der Waals surface area contributed by atoms with Crippen molar-refractivity contribution in [1.82, 2.24) is 5.32 Å². The van der Waals surface area contributed by atoms with Crippen molar-refractivity contribution in [2.75, 3.05) is 6.54 Å². The van der Waals surface area contributed by atoms with Gasteiger partial charge in [-0.2, -0.15) is 0 Å². The van der Waals surface area contributed by atoms with Gasteiger partial charge in [-0.1, -0.05) is 34.6 Å². The van der Waals surface area contributed by atoms with Crippen LogP contribution in [0.25, 0.3) is 0 Å². The van der Waals surface area contributed by atoms with Crippen molar-refractivity contribution in [2.45, 2.75) is 73.0 Å². The Hall–Kier alpha value is -0.0800. The number of rotatable bonds is 5. The van der Waals surface area contributed by atoms with E-state index in [1.165, 1.54) is 0 Å². The van der Waals surface area contributed by atoms with Crippen molar-refractivity contribution in [3.05, 3.63) is 0 Å². The fourth-order valence-electron chi connectivity index (χ4n) is 2.01. The molecule has 0 aliphatic rings. The molecule has 0 bridgehead atoms. The van der Waals surface area contributed by atoms with Crippen LogP contribution < -0.4 is 5.32 Å². The van der Waals surface area contributed by atoms with E-state index in [1.807, 2.05) is 6.92 Å². The summed E-state index contributed by atoms with van der Waals surface area (Å²) in [5, 5.41) is 13.7. The van der Waals surface area contributed by atoms with E-state index >= 15 is 0 Å². The predicted molar refractivity (Wildman–Crippen MR) is 71.6 cm³/mol. The largest absolute Gasteiger partial charge is 0.389 e. The number of aliphatic hydroxyl groups is 1. The van der Waals surface area contributed by atoms with Gasteiger partial charge in [0.05, 0.1) is 5.60 Å². The lowest BCUT2D eigenvalue weighted by Gasteiger charge is -2.37. The van der Waals surface area contributed by atoms with Gasteiger partial charge in [0.25, 0.3) is 0 Å². The van der Waals surface area contributed by atoms with E-state index in [0.29, 0.717) is 12.0 Å². The van der Waals surface area contributed by atoms with Crippen molar-refractivity contribution in [2.24, 2.45) is 11.3 Å². The van der Waals surface area contributed by atoms with E-state index in [0.717, 1.165) is 6.42 Å². The Morgan fingerprint density at radius 1 is 1.00 bits per heavy atom. The molecule has 2 N–H and O–H groups in total. The Bertz CT molecular complexity index is 211. The van der Waals surface area contributed by atoms with Gasteiger partial charge in [0.1, 0.15) is 0 Å². The second-order valence-electron chi connectivity index (χ2n) is 7.49. The second kappa shape index (κ2) is 5.05. The Labute approximate surface area is 102 Å². The van der Waals surface area contributed by atoms with E-state index in [2.05, 4.69) is 53.8 Å². The molecule has 1 atom stereocenters. The molecule has 0 aromatic carbocycles. The lowest BCUT2D eigenvalue weighted by atomic mass is 9.81. The average molecular weight is 229 g/mol. The van der Waals surface area contributed by atoms with Crippen LogP contribution in [0.5, 0.6) is 0 Å². The topological polar surface area (TPSA) is 32.3 Å². The maximum Gasteiger partial charge on any atom is 0.0766 e. The van der Waals surface area contributed by atoms with Crippen molar-refractivity contribution >= 4 is 0 Å². The molecule has 16 heavy (non-hydrogen) atoms. The summed E-state index contributed by atoms with van der Waals surface area (Å²) in [5.74, 6) is 0.269. The lowest BCUT2D eigenvalue weighted by molar-refractivity contribution is 0.00609. The highest BCUT2D eigenvalue weighted by atomic mass is 16.3. The molecule has 0 rings (SSSR count). The van der Waals surface area contributed by atoms with E-state index in [4.69, 9.17) is 0 Å². The predicted octanol–water partition coefficient (Wildman–Crippen LogP) is 3.20. The van der Waals surface area contributed by atoms with Crippen LogP contribution in [0.1, 0.15) is 61.8 Å². The monoisotopic (exact) mass is 229 g/mol.